The van der Waals surface area contributed by atoms with Crippen LogP contribution in [0.2, 0.25) is 0 Å². The lowest BCUT2D eigenvalue weighted by Crippen LogP contribution is -2.41. The number of carbonyl (C=O) groups is 2. The number of carbonyl (C=O) groups excluding carboxylic acids is 2. The van der Waals surface area contributed by atoms with E-state index in [4.69, 9.17) is 9.47 Å². The van der Waals surface area contributed by atoms with Crippen LogP contribution in [0.15, 0.2) is 15.9 Å². The van der Waals surface area contributed by atoms with E-state index < -0.39 is 11.6 Å². The topological polar surface area (TPSA) is 106 Å². The van der Waals surface area contributed by atoms with E-state index in [1.165, 1.54) is 17.8 Å². The van der Waals surface area contributed by atoms with Crippen molar-refractivity contribution in [2.45, 2.75) is 57.1 Å². The largest absolute Gasteiger partial charge is 0.462 e. The summed E-state index contributed by atoms with van der Waals surface area (Å²) in [5.74, 6) is -0.484. The maximum Gasteiger partial charge on any atom is 0.410 e. The highest BCUT2D eigenvalue weighted by molar-refractivity contribution is 7.98. The van der Waals surface area contributed by atoms with Gasteiger partial charge in [0, 0.05) is 25.1 Å². The summed E-state index contributed by atoms with van der Waals surface area (Å²) in [5, 5.41) is 5.06. The van der Waals surface area contributed by atoms with Crippen molar-refractivity contribution in [2.75, 3.05) is 26.0 Å². The second kappa shape index (κ2) is 8.71. The van der Waals surface area contributed by atoms with Gasteiger partial charge in [0.2, 0.25) is 0 Å². The van der Waals surface area contributed by atoms with Gasteiger partial charge in [-0.15, -0.1) is 11.8 Å². The van der Waals surface area contributed by atoms with Gasteiger partial charge in [-0.25, -0.2) is 14.1 Å². The van der Waals surface area contributed by atoms with Crippen LogP contribution in [0.4, 0.5) is 4.79 Å². The lowest BCUT2D eigenvalue weighted by molar-refractivity contribution is 0.0203. The molecule has 1 amide bonds. The molecule has 1 saturated heterocycles. The minimum absolute atomic E-state index is 0.0261. The van der Waals surface area contributed by atoms with Crippen LogP contribution in [0.1, 0.15) is 62.5 Å². The van der Waals surface area contributed by atoms with Crippen LogP contribution < -0.4 is 5.56 Å². The van der Waals surface area contributed by atoms with Crippen molar-refractivity contribution in [2.24, 2.45) is 0 Å². The summed E-state index contributed by atoms with van der Waals surface area (Å²) in [6.45, 7) is 8.53. The highest BCUT2D eigenvalue weighted by atomic mass is 32.2. The molecule has 10 heteroatoms. The van der Waals surface area contributed by atoms with Gasteiger partial charge >= 0.3 is 12.1 Å². The quantitative estimate of drug-likeness (QED) is 0.580. The van der Waals surface area contributed by atoms with Crippen molar-refractivity contribution in [3.05, 3.63) is 27.7 Å². The van der Waals surface area contributed by atoms with Crippen molar-refractivity contribution < 1.29 is 19.1 Å². The molecule has 0 unspecified atom stereocenters. The summed E-state index contributed by atoms with van der Waals surface area (Å²) in [4.78, 5) is 41.6. The third-order valence-corrected chi connectivity index (χ3v) is 5.53. The van der Waals surface area contributed by atoms with Crippen LogP contribution in [0, 0.1) is 0 Å². The van der Waals surface area contributed by atoms with Crippen molar-refractivity contribution >= 4 is 29.5 Å². The standard InChI is InChI=1S/C20H28N4O5S/c1-6-28-18(26)15-16-21-14(25)11-13(24(16)22-17(15)30-5)12-7-9-23(10-8-12)19(27)29-20(2,3)4/h11-12H,6-10H2,1-5H3,(H,21,25). The summed E-state index contributed by atoms with van der Waals surface area (Å²) in [7, 11) is 0. The number of hydrogen-bond acceptors (Lipinski definition) is 7. The molecule has 1 aliphatic rings. The Morgan fingerprint density at radius 2 is 1.97 bits per heavy atom. The van der Waals surface area contributed by atoms with Gasteiger partial charge in [-0.05, 0) is 46.8 Å². The Bertz CT molecular complexity index is 999. The van der Waals surface area contributed by atoms with E-state index in [1.807, 2.05) is 27.0 Å². The summed E-state index contributed by atoms with van der Waals surface area (Å²) < 4.78 is 12.2. The Labute approximate surface area is 179 Å². The number of H-pyrrole nitrogens is 1. The van der Waals surface area contributed by atoms with E-state index >= 15 is 0 Å². The smallest absolute Gasteiger partial charge is 0.410 e. The van der Waals surface area contributed by atoms with Crippen molar-refractivity contribution in [1.82, 2.24) is 19.5 Å². The average molecular weight is 437 g/mol. The fourth-order valence-corrected chi connectivity index (χ4v) is 4.10. The Morgan fingerprint density at radius 3 is 2.53 bits per heavy atom. The zero-order valence-corrected chi connectivity index (χ0v) is 18.8. The van der Waals surface area contributed by atoms with Gasteiger partial charge < -0.3 is 19.4 Å². The summed E-state index contributed by atoms with van der Waals surface area (Å²) in [6.07, 6.45) is 2.83. The molecule has 3 heterocycles. The predicted octanol–water partition coefficient (Wildman–Crippen LogP) is 3.04. The van der Waals surface area contributed by atoms with Crippen LogP contribution in [0.25, 0.3) is 5.65 Å². The van der Waals surface area contributed by atoms with Crippen LogP contribution >= 0.6 is 11.8 Å². The second-order valence-electron chi connectivity index (χ2n) is 8.17. The Hall–Kier alpha value is -2.49. The van der Waals surface area contributed by atoms with Crippen LogP contribution in [-0.2, 0) is 9.47 Å². The number of ether oxygens (including phenoxy) is 2. The monoisotopic (exact) mass is 436 g/mol. The molecule has 1 aliphatic heterocycles. The first-order valence-corrected chi connectivity index (χ1v) is 11.2. The zero-order valence-electron chi connectivity index (χ0n) is 18.0. The first-order chi connectivity index (χ1) is 14.1. The van der Waals surface area contributed by atoms with Gasteiger partial charge in [0.25, 0.3) is 5.56 Å². The fourth-order valence-electron chi connectivity index (χ4n) is 3.55. The molecule has 0 saturated carbocycles. The second-order valence-corrected chi connectivity index (χ2v) is 8.96. The molecule has 9 nitrogen and oxygen atoms in total. The molecule has 164 valence electrons. The number of fused-ring (bicyclic) bond motifs is 1. The number of likely N-dealkylation sites (tertiary alicyclic amines) is 1. The number of nitrogens with zero attached hydrogens (tertiary/aromatic N) is 3. The molecular formula is C20H28N4O5S. The first kappa shape index (κ1) is 22.2. The number of aromatic amines is 1. The number of aromatic nitrogens is 3. The number of thioether (sulfide) groups is 1. The Morgan fingerprint density at radius 1 is 1.30 bits per heavy atom. The van der Waals surface area contributed by atoms with Crippen LogP contribution in [-0.4, -0.2) is 63.1 Å². The summed E-state index contributed by atoms with van der Waals surface area (Å²) in [5.41, 5.74) is 0.498. The zero-order chi connectivity index (χ0) is 22.1. The molecule has 1 fully saturated rings. The number of amides is 1. The Kier molecular flexibility index (Phi) is 6.44. The van der Waals surface area contributed by atoms with Crippen LogP contribution in [0.5, 0.6) is 0 Å². The van der Waals surface area contributed by atoms with Gasteiger partial charge in [0.05, 0.1) is 12.3 Å². The van der Waals surface area contributed by atoms with E-state index in [9.17, 15) is 14.4 Å². The SMILES string of the molecule is CCOC(=O)c1c(SC)nn2c(C3CCN(C(=O)OC(C)(C)C)CC3)cc(=O)[nH]c12. The highest BCUT2D eigenvalue weighted by Gasteiger charge is 2.30. The van der Waals surface area contributed by atoms with Gasteiger partial charge in [0.15, 0.2) is 5.65 Å². The van der Waals surface area contributed by atoms with E-state index in [-0.39, 0.29) is 29.7 Å². The fraction of sp³-hybridized carbons (Fsp3) is 0.600. The molecule has 1 N–H and O–H groups in total. The maximum absolute atomic E-state index is 12.5. The normalized spacial score (nSPS) is 15.4. The van der Waals surface area contributed by atoms with Crippen molar-refractivity contribution in [3.8, 4) is 0 Å². The molecule has 0 aliphatic carbocycles. The molecule has 0 atom stereocenters. The molecule has 0 aromatic carbocycles. The number of piperidine rings is 1. The number of hydrogen-bond donors (Lipinski definition) is 1. The first-order valence-electron chi connectivity index (χ1n) is 9.99. The molecule has 30 heavy (non-hydrogen) atoms. The Balaban J connectivity index is 1.90. The lowest BCUT2D eigenvalue weighted by atomic mass is 9.93. The van der Waals surface area contributed by atoms with E-state index in [1.54, 1.807) is 16.3 Å². The third kappa shape index (κ3) is 4.63. The van der Waals surface area contributed by atoms with Gasteiger partial charge in [-0.3, -0.25) is 4.79 Å². The molecule has 0 spiro atoms. The van der Waals surface area contributed by atoms with Gasteiger partial charge in [-0.2, -0.15) is 5.10 Å². The molecular weight excluding hydrogens is 408 g/mol. The summed E-state index contributed by atoms with van der Waals surface area (Å²) in [6, 6.07) is 1.52. The van der Waals surface area contributed by atoms with Gasteiger partial charge in [-0.1, -0.05) is 0 Å². The number of esters is 1. The van der Waals surface area contributed by atoms with E-state index in [0.717, 1.165) is 5.69 Å². The molecule has 0 bridgehead atoms. The minimum atomic E-state index is -0.542. The third-order valence-electron chi connectivity index (χ3n) is 4.86. The minimum Gasteiger partial charge on any atom is -0.462 e. The molecule has 0 radical (unpaired) electrons. The van der Waals surface area contributed by atoms with E-state index in [0.29, 0.717) is 36.6 Å². The predicted molar refractivity (Wildman–Crippen MR) is 113 cm³/mol. The highest BCUT2D eigenvalue weighted by Crippen LogP contribution is 2.31. The van der Waals surface area contributed by atoms with Crippen molar-refractivity contribution in [1.29, 1.82) is 0 Å². The number of nitrogens with one attached hydrogen (secondary N) is 1. The van der Waals surface area contributed by atoms with E-state index in [2.05, 4.69) is 10.1 Å². The van der Waals surface area contributed by atoms with Crippen LogP contribution in [0.3, 0.4) is 0 Å². The summed E-state index contributed by atoms with van der Waals surface area (Å²) >= 11 is 1.32. The maximum atomic E-state index is 12.5. The lowest BCUT2D eigenvalue weighted by Gasteiger charge is -2.33. The number of rotatable bonds is 4. The van der Waals surface area contributed by atoms with Gasteiger partial charge in [0.1, 0.15) is 16.2 Å². The molecule has 3 rings (SSSR count). The molecule has 2 aromatic heterocycles. The van der Waals surface area contributed by atoms with Crippen molar-refractivity contribution in [3.63, 3.8) is 0 Å². The average Bonchev–Trinajstić information content (AvgIpc) is 3.04. The molecule has 2 aromatic rings.